The summed E-state index contributed by atoms with van der Waals surface area (Å²) in [6.45, 7) is 3.00. The molecule has 0 unspecified atom stereocenters. The van der Waals surface area contributed by atoms with Crippen LogP contribution in [0.25, 0.3) is 0 Å². The van der Waals surface area contributed by atoms with Crippen molar-refractivity contribution in [3.63, 3.8) is 0 Å². The third-order valence-electron chi connectivity index (χ3n) is 4.96. The zero-order valence-corrected chi connectivity index (χ0v) is 20.8. The highest BCUT2D eigenvalue weighted by molar-refractivity contribution is 9.10. The fourth-order valence-electron chi connectivity index (χ4n) is 3.43. The second-order valence-electron chi connectivity index (χ2n) is 6.96. The summed E-state index contributed by atoms with van der Waals surface area (Å²) in [6.07, 6.45) is 3.88. The van der Waals surface area contributed by atoms with Crippen molar-refractivity contribution in [2.75, 3.05) is 31.6 Å². The van der Waals surface area contributed by atoms with E-state index in [0.717, 1.165) is 53.5 Å². The molecule has 2 N–H and O–H groups in total. The van der Waals surface area contributed by atoms with Crippen molar-refractivity contribution in [3.8, 4) is 11.5 Å². The number of aliphatic hydroxyl groups excluding tert-OH is 1. The average Bonchev–Trinajstić information content (AvgIpc) is 3.20. The molecule has 31 heavy (non-hydrogen) atoms. The monoisotopic (exact) mass is 546 g/mol. The maximum atomic E-state index is 9.10. The quantitative estimate of drug-likeness (QED) is 0.386. The minimum absolute atomic E-state index is 0. The molecule has 0 radical (unpaired) electrons. The van der Waals surface area contributed by atoms with Gasteiger partial charge in [-0.05, 0) is 54.0 Å². The lowest BCUT2D eigenvalue weighted by Gasteiger charge is -2.30. The number of para-hydroxylation sites is 1. The molecule has 0 atom stereocenters. The number of likely N-dealkylation sites (tertiary alicyclic amines) is 1. The number of aliphatic hydroxyl groups is 1. The average molecular weight is 548 g/mol. The van der Waals surface area contributed by atoms with Crippen molar-refractivity contribution in [2.24, 2.45) is 0 Å². The zero-order chi connectivity index (χ0) is 20.1. The van der Waals surface area contributed by atoms with E-state index in [2.05, 4.69) is 36.5 Å². The Hall–Kier alpha value is -1.42. The molecule has 1 aromatic carbocycles. The van der Waals surface area contributed by atoms with Crippen molar-refractivity contribution in [1.29, 1.82) is 0 Å². The van der Waals surface area contributed by atoms with E-state index in [1.165, 1.54) is 0 Å². The molecular weight excluding hydrogens is 523 g/mol. The molecule has 1 fully saturated rings. The van der Waals surface area contributed by atoms with E-state index in [4.69, 9.17) is 14.8 Å². The number of aromatic nitrogens is 2. The Morgan fingerprint density at radius 2 is 1.94 bits per heavy atom. The number of thiazole rings is 1. The first kappa shape index (κ1) is 25.8. The minimum atomic E-state index is 0. The molecule has 4 rings (SSSR count). The standard InChI is InChI=1S/C21H23BrN4O2S.2ClH/c22-16-12-19(28-17-4-2-1-3-5-17)20(23-13-16)25-21-24-18(14-29-21)15-6-8-26(9-7-15)10-11-27;;/h1-5,12-15,27H,6-11H2,(H,23,24,25);2*1H. The van der Waals surface area contributed by atoms with Crippen LogP contribution in [-0.4, -0.2) is 46.2 Å². The minimum Gasteiger partial charge on any atom is -0.453 e. The van der Waals surface area contributed by atoms with E-state index < -0.39 is 0 Å². The first-order valence-electron chi connectivity index (χ1n) is 9.65. The summed E-state index contributed by atoms with van der Waals surface area (Å²) in [5.74, 6) is 2.50. The number of anilines is 2. The summed E-state index contributed by atoms with van der Waals surface area (Å²) in [4.78, 5) is 11.6. The number of rotatable bonds is 7. The van der Waals surface area contributed by atoms with Crippen LogP contribution in [0.4, 0.5) is 10.9 Å². The summed E-state index contributed by atoms with van der Waals surface area (Å²) >= 11 is 5.05. The van der Waals surface area contributed by atoms with Gasteiger partial charge in [-0.2, -0.15) is 0 Å². The summed E-state index contributed by atoms with van der Waals surface area (Å²) in [7, 11) is 0. The van der Waals surface area contributed by atoms with Gasteiger partial charge >= 0.3 is 0 Å². The van der Waals surface area contributed by atoms with Gasteiger partial charge < -0.3 is 20.1 Å². The molecule has 0 aliphatic carbocycles. The Morgan fingerprint density at radius 3 is 2.65 bits per heavy atom. The molecule has 3 heterocycles. The van der Waals surface area contributed by atoms with Crippen LogP contribution in [0.2, 0.25) is 0 Å². The Balaban J connectivity index is 0.00000171. The number of nitrogens with zero attached hydrogens (tertiary/aromatic N) is 3. The number of hydrogen-bond acceptors (Lipinski definition) is 7. The molecule has 2 aromatic heterocycles. The predicted molar refractivity (Wildman–Crippen MR) is 134 cm³/mol. The van der Waals surface area contributed by atoms with E-state index in [9.17, 15) is 0 Å². The van der Waals surface area contributed by atoms with E-state index in [-0.39, 0.29) is 31.4 Å². The van der Waals surface area contributed by atoms with Gasteiger partial charge in [0, 0.05) is 34.6 Å². The molecule has 1 aliphatic rings. The van der Waals surface area contributed by atoms with Crippen molar-refractivity contribution in [2.45, 2.75) is 18.8 Å². The maximum Gasteiger partial charge on any atom is 0.188 e. The van der Waals surface area contributed by atoms with Gasteiger partial charge in [0.1, 0.15) is 5.75 Å². The summed E-state index contributed by atoms with van der Waals surface area (Å²) in [5, 5.41) is 15.4. The Morgan fingerprint density at radius 1 is 1.19 bits per heavy atom. The number of pyridine rings is 1. The summed E-state index contributed by atoms with van der Waals surface area (Å²) in [6, 6.07) is 11.6. The Kier molecular flexibility index (Phi) is 10.5. The molecule has 3 aromatic rings. The molecule has 168 valence electrons. The lowest BCUT2D eigenvalue weighted by atomic mass is 9.94. The van der Waals surface area contributed by atoms with Crippen molar-refractivity contribution >= 4 is 63.0 Å². The second-order valence-corrected chi connectivity index (χ2v) is 8.73. The number of hydrogen-bond donors (Lipinski definition) is 2. The van der Waals surface area contributed by atoms with Crippen LogP contribution >= 0.6 is 52.1 Å². The molecule has 0 spiro atoms. The smallest absolute Gasteiger partial charge is 0.188 e. The lowest BCUT2D eigenvalue weighted by Crippen LogP contribution is -2.35. The van der Waals surface area contributed by atoms with E-state index in [1.54, 1.807) is 17.5 Å². The van der Waals surface area contributed by atoms with Gasteiger partial charge in [-0.1, -0.05) is 18.2 Å². The molecule has 0 amide bonds. The number of β-amino-alcohol motifs (C(OH)–C–C–N with tert-alkyl or cyclic N) is 1. The van der Waals surface area contributed by atoms with Crippen molar-refractivity contribution < 1.29 is 9.84 Å². The van der Waals surface area contributed by atoms with Gasteiger partial charge in [0.2, 0.25) is 0 Å². The van der Waals surface area contributed by atoms with Crippen molar-refractivity contribution in [1.82, 2.24) is 14.9 Å². The third kappa shape index (κ3) is 7.03. The summed E-state index contributed by atoms with van der Waals surface area (Å²) < 4.78 is 6.87. The van der Waals surface area contributed by atoms with Gasteiger partial charge in [0.15, 0.2) is 16.7 Å². The predicted octanol–water partition coefficient (Wildman–Crippen LogP) is 5.85. The highest BCUT2D eigenvalue weighted by atomic mass is 79.9. The van der Waals surface area contributed by atoms with Crippen LogP contribution in [0.15, 0.2) is 52.4 Å². The van der Waals surface area contributed by atoms with E-state index >= 15 is 0 Å². The third-order valence-corrected chi connectivity index (χ3v) is 6.17. The highest BCUT2D eigenvalue weighted by Crippen LogP contribution is 2.35. The number of piperidine rings is 1. The SMILES string of the molecule is Cl.Cl.OCCN1CCC(c2csc(Nc3ncc(Br)cc3Oc3ccccc3)n2)CC1. The van der Waals surface area contributed by atoms with Crippen LogP contribution in [0.1, 0.15) is 24.5 Å². The highest BCUT2D eigenvalue weighted by Gasteiger charge is 2.22. The van der Waals surface area contributed by atoms with Gasteiger partial charge in [-0.15, -0.1) is 36.2 Å². The molecule has 1 aliphatic heterocycles. The van der Waals surface area contributed by atoms with Gasteiger partial charge in [-0.25, -0.2) is 9.97 Å². The molecule has 1 saturated heterocycles. The van der Waals surface area contributed by atoms with E-state index in [1.807, 2.05) is 36.4 Å². The van der Waals surface area contributed by atoms with Gasteiger partial charge in [0.05, 0.1) is 12.3 Å². The fraction of sp³-hybridized carbons (Fsp3) is 0.333. The first-order valence-corrected chi connectivity index (χ1v) is 11.3. The van der Waals surface area contributed by atoms with Crippen LogP contribution < -0.4 is 10.1 Å². The van der Waals surface area contributed by atoms with Crippen LogP contribution in [0.5, 0.6) is 11.5 Å². The van der Waals surface area contributed by atoms with Crippen LogP contribution in [-0.2, 0) is 0 Å². The molecular formula is C21H25BrCl2N4O2S. The Bertz CT molecular complexity index is 940. The molecule has 0 saturated carbocycles. The first-order chi connectivity index (χ1) is 14.2. The molecule has 6 nitrogen and oxygen atoms in total. The summed E-state index contributed by atoms with van der Waals surface area (Å²) in [5.41, 5.74) is 1.13. The number of nitrogens with one attached hydrogen (secondary N) is 1. The second kappa shape index (κ2) is 12.6. The molecule has 0 bridgehead atoms. The number of ether oxygens (including phenoxy) is 1. The lowest BCUT2D eigenvalue weighted by molar-refractivity contribution is 0.163. The topological polar surface area (TPSA) is 70.5 Å². The fourth-order valence-corrected chi connectivity index (χ4v) is 4.54. The van der Waals surface area contributed by atoms with Crippen LogP contribution in [0.3, 0.4) is 0 Å². The van der Waals surface area contributed by atoms with Gasteiger partial charge in [0.25, 0.3) is 0 Å². The normalized spacial score (nSPS) is 14.4. The molecule has 10 heteroatoms. The van der Waals surface area contributed by atoms with Crippen LogP contribution in [0, 0.1) is 0 Å². The largest absolute Gasteiger partial charge is 0.453 e. The van der Waals surface area contributed by atoms with Crippen molar-refractivity contribution in [3.05, 3.63) is 58.1 Å². The number of benzene rings is 1. The number of halogens is 3. The van der Waals surface area contributed by atoms with E-state index in [0.29, 0.717) is 17.5 Å². The Labute approximate surface area is 207 Å². The van der Waals surface area contributed by atoms with Gasteiger partial charge in [-0.3, -0.25) is 0 Å². The zero-order valence-electron chi connectivity index (χ0n) is 16.7. The maximum absolute atomic E-state index is 9.10.